The molecule has 1 aliphatic rings. The lowest BCUT2D eigenvalue weighted by Gasteiger charge is -2.37. The number of nitrogens with zero attached hydrogens (tertiary/aromatic N) is 1. The van der Waals surface area contributed by atoms with Crippen molar-refractivity contribution in [3.05, 3.63) is 71.3 Å². The zero-order valence-electron chi connectivity index (χ0n) is 13.0. The first-order chi connectivity index (χ1) is 11.5. The van der Waals surface area contributed by atoms with Gasteiger partial charge in [-0.1, -0.05) is 24.3 Å². The number of morpholine rings is 1. The van der Waals surface area contributed by atoms with Gasteiger partial charge in [-0.3, -0.25) is 9.69 Å². The molecule has 1 saturated heterocycles. The summed E-state index contributed by atoms with van der Waals surface area (Å²) in [6, 6.07) is 11.2. The zero-order chi connectivity index (χ0) is 17.1. The van der Waals surface area contributed by atoms with Gasteiger partial charge in [-0.05, 0) is 35.4 Å². The summed E-state index contributed by atoms with van der Waals surface area (Å²) in [7, 11) is 0. The van der Waals surface area contributed by atoms with Gasteiger partial charge in [0.2, 0.25) is 5.91 Å². The normalized spacial score (nSPS) is 19.8. The number of carbonyl (C=O) groups excluding carboxylic acids is 1. The Balaban J connectivity index is 1.82. The summed E-state index contributed by atoms with van der Waals surface area (Å²) < 4.78 is 31.9. The van der Waals surface area contributed by atoms with Gasteiger partial charge in [-0.2, -0.15) is 0 Å². The summed E-state index contributed by atoms with van der Waals surface area (Å²) >= 11 is 0. The fourth-order valence-corrected chi connectivity index (χ4v) is 2.98. The van der Waals surface area contributed by atoms with E-state index in [1.165, 1.54) is 24.3 Å². The van der Waals surface area contributed by atoms with Gasteiger partial charge in [-0.25, -0.2) is 8.78 Å². The molecule has 0 aliphatic carbocycles. The number of nitrogens with two attached hydrogens (primary N) is 1. The maximum Gasteiger partial charge on any atom is 0.239 e. The van der Waals surface area contributed by atoms with Crippen LogP contribution >= 0.6 is 0 Å². The number of carbonyl (C=O) groups is 1. The maximum atomic E-state index is 13.1. The predicted octanol–water partition coefficient (Wildman–Crippen LogP) is 2.56. The van der Waals surface area contributed by atoms with E-state index in [1.54, 1.807) is 24.3 Å². The number of benzene rings is 2. The summed E-state index contributed by atoms with van der Waals surface area (Å²) in [5.41, 5.74) is 7.06. The minimum Gasteiger partial charge on any atom is -0.371 e. The topological polar surface area (TPSA) is 55.6 Å². The van der Waals surface area contributed by atoms with Gasteiger partial charge in [0, 0.05) is 13.1 Å². The molecule has 0 radical (unpaired) electrons. The van der Waals surface area contributed by atoms with Crippen molar-refractivity contribution in [2.45, 2.75) is 12.1 Å². The highest BCUT2D eigenvalue weighted by Crippen LogP contribution is 2.29. The molecule has 1 heterocycles. The highest BCUT2D eigenvalue weighted by atomic mass is 19.1. The molecule has 0 saturated carbocycles. The van der Waals surface area contributed by atoms with Crippen LogP contribution in [0.3, 0.4) is 0 Å². The molecule has 1 fully saturated rings. The van der Waals surface area contributed by atoms with Gasteiger partial charge in [-0.15, -0.1) is 0 Å². The van der Waals surface area contributed by atoms with Crippen molar-refractivity contribution in [3.63, 3.8) is 0 Å². The quantitative estimate of drug-likeness (QED) is 0.936. The first kappa shape index (κ1) is 16.5. The SMILES string of the molecule is NC(=O)[C@H](c1ccc(F)cc1)N1CCO[C@@H](c2ccc(F)cc2)C1. The Labute approximate surface area is 138 Å². The second-order valence-corrected chi connectivity index (χ2v) is 5.76. The van der Waals surface area contributed by atoms with Crippen LogP contribution in [0.5, 0.6) is 0 Å². The predicted molar refractivity (Wildman–Crippen MR) is 85.0 cm³/mol. The van der Waals surface area contributed by atoms with Crippen molar-refractivity contribution >= 4 is 5.91 Å². The van der Waals surface area contributed by atoms with Crippen molar-refractivity contribution in [1.29, 1.82) is 0 Å². The van der Waals surface area contributed by atoms with Crippen molar-refractivity contribution in [2.24, 2.45) is 5.73 Å². The molecule has 0 bridgehead atoms. The smallest absolute Gasteiger partial charge is 0.239 e. The Bertz CT molecular complexity index is 704. The number of ether oxygens (including phenoxy) is 1. The molecule has 126 valence electrons. The average molecular weight is 332 g/mol. The van der Waals surface area contributed by atoms with Crippen LogP contribution in [0, 0.1) is 11.6 Å². The van der Waals surface area contributed by atoms with Crippen molar-refractivity contribution < 1.29 is 18.3 Å². The number of halogens is 2. The number of rotatable bonds is 4. The second kappa shape index (κ2) is 7.07. The van der Waals surface area contributed by atoms with E-state index in [4.69, 9.17) is 10.5 Å². The molecular weight excluding hydrogens is 314 g/mol. The molecule has 1 amide bonds. The van der Waals surface area contributed by atoms with E-state index in [-0.39, 0.29) is 17.7 Å². The molecule has 4 nitrogen and oxygen atoms in total. The molecule has 2 N–H and O–H groups in total. The van der Waals surface area contributed by atoms with E-state index in [1.807, 2.05) is 4.90 Å². The Morgan fingerprint density at radius 2 is 1.67 bits per heavy atom. The highest BCUT2D eigenvalue weighted by Gasteiger charge is 2.31. The maximum absolute atomic E-state index is 13.1. The van der Waals surface area contributed by atoms with Gasteiger partial charge >= 0.3 is 0 Å². The van der Waals surface area contributed by atoms with Crippen LogP contribution in [0.2, 0.25) is 0 Å². The third kappa shape index (κ3) is 3.60. The first-order valence-electron chi connectivity index (χ1n) is 7.70. The Morgan fingerprint density at radius 3 is 2.25 bits per heavy atom. The standard InChI is InChI=1S/C18H18F2N2O2/c19-14-5-1-12(2-6-14)16-11-22(9-10-24-16)17(18(21)23)13-3-7-15(20)8-4-13/h1-8,16-17H,9-11H2,(H2,21,23)/t16-,17+/m1/s1. The highest BCUT2D eigenvalue weighted by molar-refractivity contribution is 5.81. The van der Waals surface area contributed by atoms with E-state index < -0.39 is 11.9 Å². The van der Waals surface area contributed by atoms with Crippen molar-refractivity contribution in [1.82, 2.24) is 4.90 Å². The van der Waals surface area contributed by atoms with Crippen LogP contribution in [-0.4, -0.2) is 30.5 Å². The molecule has 0 spiro atoms. The molecule has 2 aromatic rings. The minimum absolute atomic E-state index is 0.276. The summed E-state index contributed by atoms with van der Waals surface area (Å²) in [6.07, 6.45) is -0.276. The fourth-order valence-electron chi connectivity index (χ4n) is 2.98. The molecule has 2 atom stereocenters. The molecule has 24 heavy (non-hydrogen) atoms. The number of hydrogen-bond acceptors (Lipinski definition) is 3. The number of primary amides is 1. The van der Waals surface area contributed by atoms with Crippen LogP contribution in [0.15, 0.2) is 48.5 Å². The van der Waals surface area contributed by atoms with Crippen molar-refractivity contribution in [2.75, 3.05) is 19.7 Å². The van der Waals surface area contributed by atoms with E-state index in [9.17, 15) is 13.6 Å². The summed E-state index contributed by atoms with van der Waals surface area (Å²) in [5, 5.41) is 0. The average Bonchev–Trinajstić information content (AvgIpc) is 2.57. The van der Waals surface area contributed by atoms with Crippen molar-refractivity contribution in [3.8, 4) is 0 Å². The molecule has 3 rings (SSSR count). The van der Waals surface area contributed by atoms with E-state index >= 15 is 0 Å². The Morgan fingerprint density at radius 1 is 1.08 bits per heavy atom. The van der Waals surface area contributed by atoms with Crippen LogP contribution in [0.1, 0.15) is 23.3 Å². The monoisotopic (exact) mass is 332 g/mol. The molecular formula is C18H18F2N2O2. The molecule has 6 heteroatoms. The van der Waals surface area contributed by atoms with Crippen LogP contribution in [0.25, 0.3) is 0 Å². The minimum atomic E-state index is -0.655. The van der Waals surface area contributed by atoms with Crippen LogP contribution in [-0.2, 0) is 9.53 Å². The number of hydrogen-bond donors (Lipinski definition) is 1. The second-order valence-electron chi connectivity index (χ2n) is 5.76. The number of amides is 1. The molecule has 1 aliphatic heterocycles. The van der Waals surface area contributed by atoms with Crippen LogP contribution < -0.4 is 5.73 Å². The van der Waals surface area contributed by atoms with E-state index in [2.05, 4.69) is 0 Å². The van der Waals surface area contributed by atoms with Gasteiger partial charge < -0.3 is 10.5 Å². The third-order valence-corrected chi connectivity index (χ3v) is 4.16. The largest absolute Gasteiger partial charge is 0.371 e. The lowest BCUT2D eigenvalue weighted by molar-refractivity contribution is -0.127. The van der Waals surface area contributed by atoms with E-state index in [0.717, 1.165) is 5.56 Å². The Hall–Kier alpha value is -2.31. The molecule has 2 aromatic carbocycles. The Kier molecular flexibility index (Phi) is 4.87. The van der Waals surface area contributed by atoms with Gasteiger partial charge in [0.1, 0.15) is 17.7 Å². The molecule has 0 unspecified atom stereocenters. The summed E-state index contributed by atoms with van der Waals surface area (Å²) in [4.78, 5) is 13.9. The van der Waals surface area contributed by atoms with E-state index in [0.29, 0.717) is 25.3 Å². The first-order valence-corrected chi connectivity index (χ1v) is 7.70. The zero-order valence-corrected chi connectivity index (χ0v) is 13.0. The summed E-state index contributed by atoms with van der Waals surface area (Å²) in [6.45, 7) is 1.40. The molecule has 0 aromatic heterocycles. The van der Waals surface area contributed by atoms with Crippen LogP contribution in [0.4, 0.5) is 8.78 Å². The van der Waals surface area contributed by atoms with Gasteiger partial charge in [0.15, 0.2) is 0 Å². The lowest BCUT2D eigenvalue weighted by Crippen LogP contribution is -2.45. The third-order valence-electron chi connectivity index (χ3n) is 4.16. The fraction of sp³-hybridized carbons (Fsp3) is 0.278. The van der Waals surface area contributed by atoms with Gasteiger partial charge in [0.05, 0.1) is 12.7 Å². The van der Waals surface area contributed by atoms with Gasteiger partial charge in [0.25, 0.3) is 0 Å². The summed E-state index contributed by atoms with van der Waals surface area (Å²) in [5.74, 6) is -1.18. The lowest BCUT2D eigenvalue weighted by atomic mass is 10.0.